The number of nitrogens with two attached hydrogens (primary N) is 1. The van der Waals surface area contributed by atoms with E-state index in [1.807, 2.05) is 17.5 Å². The van der Waals surface area contributed by atoms with Gasteiger partial charge in [-0.2, -0.15) is 0 Å². The predicted molar refractivity (Wildman–Crippen MR) is 101 cm³/mol. The molecule has 0 fully saturated rings. The Morgan fingerprint density at radius 2 is 2.19 bits per heavy atom. The molecular weight excluding hydrogens is 374 g/mol. The topological polar surface area (TPSA) is 102 Å². The van der Waals surface area contributed by atoms with Crippen LogP contribution in [0.3, 0.4) is 0 Å². The molecule has 0 spiro atoms. The largest absolute Gasteiger partial charge is 0.453 e. The maximum Gasteiger partial charge on any atom is 0.409 e. The van der Waals surface area contributed by atoms with Crippen molar-refractivity contribution < 1.29 is 19.1 Å². The number of anilines is 1. The molecule has 9 heteroatoms. The molecule has 0 atom stereocenters. The second-order valence-electron chi connectivity index (χ2n) is 5.55. The normalized spacial score (nSPS) is 13.5. The molecule has 0 bridgehead atoms. The summed E-state index contributed by atoms with van der Waals surface area (Å²) in [6.45, 7) is 0.760. The molecule has 7 nitrogen and oxygen atoms in total. The molecule has 2 aromatic rings. The number of carbonyl (C=O) groups is 3. The number of hydrogen-bond donors (Lipinski definition) is 2. The standard InChI is InChI=1S/C17H17N3O4S2/c1-24-17(23)20-7-6-11-12(9-20)26-16(14(11)15(18)22)19-13(21)5-4-10-3-2-8-25-10/h2-5,8H,6-7,9H2,1H3,(H2,18,22)(H,19,21)/b5-4+. The SMILES string of the molecule is COC(=O)N1CCc2c(sc(NC(=O)/C=C/c3cccs3)c2C(N)=O)C1. The molecule has 0 aliphatic carbocycles. The summed E-state index contributed by atoms with van der Waals surface area (Å²) in [5.74, 6) is -0.934. The van der Waals surface area contributed by atoms with E-state index in [-0.39, 0.29) is 5.91 Å². The fraction of sp³-hybridized carbons (Fsp3) is 0.235. The third-order valence-corrected chi connectivity index (χ3v) is 5.88. The Labute approximate surface area is 158 Å². The molecule has 1 aliphatic rings. The zero-order valence-corrected chi connectivity index (χ0v) is 15.6. The highest BCUT2D eigenvalue weighted by atomic mass is 32.1. The van der Waals surface area contributed by atoms with Crippen LogP contribution in [0.15, 0.2) is 23.6 Å². The first kappa shape index (κ1) is 18.2. The molecule has 3 N–H and O–H groups in total. The summed E-state index contributed by atoms with van der Waals surface area (Å²) in [4.78, 5) is 39.1. The lowest BCUT2D eigenvalue weighted by Crippen LogP contribution is -2.35. The van der Waals surface area contributed by atoms with Crippen molar-refractivity contribution in [2.45, 2.75) is 13.0 Å². The molecule has 0 radical (unpaired) electrons. The van der Waals surface area contributed by atoms with Crippen LogP contribution in [-0.4, -0.2) is 36.5 Å². The quantitative estimate of drug-likeness (QED) is 0.782. The van der Waals surface area contributed by atoms with Gasteiger partial charge in [0.25, 0.3) is 5.91 Å². The molecule has 3 amide bonds. The Kier molecular flexibility index (Phi) is 5.38. The number of rotatable bonds is 4. The van der Waals surface area contributed by atoms with E-state index < -0.39 is 12.0 Å². The number of hydrogen-bond acceptors (Lipinski definition) is 6. The van der Waals surface area contributed by atoms with E-state index in [0.717, 1.165) is 15.3 Å². The zero-order valence-electron chi connectivity index (χ0n) is 14.0. The predicted octanol–water partition coefficient (Wildman–Crippen LogP) is 2.68. The lowest BCUT2D eigenvalue weighted by Gasteiger charge is -2.25. The average molecular weight is 391 g/mol. The Morgan fingerprint density at radius 1 is 1.38 bits per heavy atom. The fourth-order valence-electron chi connectivity index (χ4n) is 2.73. The van der Waals surface area contributed by atoms with Crippen molar-refractivity contribution in [3.63, 3.8) is 0 Å². The van der Waals surface area contributed by atoms with Crippen LogP contribution in [0.5, 0.6) is 0 Å². The van der Waals surface area contributed by atoms with Gasteiger partial charge in [-0.3, -0.25) is 9.59 Å². The molecule has 0 saturated carbocycles. The smallest absolute Gasteiger partial charge is 0.409 e. The van der Waals surface area contributed by atoms with Crippen molar-refractivity contribution in [3.05, 3.63) is 44.5 Å². The number of methoxy groups -OCH3 is 1. The maximum atomic E-state index is 12.2. The lowest BCUT2D eigenvalue weighted by atomic mass is 10.0. The van der Waals surface area contributed by atoms with Crippen molar-refractivity contribution >= 4 is 51.7 Å². The highest BCUT2D eigenvalue weighted by Crippen LogP contribution is 2.37. The van der Waals surface area contributed by atoms with E-state index in [2.05, 4.69) is 5.32 Å². The molecule has 0 aromatic carbocycles. The summed E-state index contributed by atoms with van der Waals surface area (Å²) in [5, 5.41) is 5.06. The van der Waals surface area contributed by atoms with Gasteiger partial charge in [0.05, 0.1) is 19.2 Å². The molecule has 2 aromatic heterocycles. The van der Waals surface area contributed by atoms with Crippen LogP contribution in [0.1, 0.15) is 25.7 Å². The van der Waals surface area contributed by atoms with Gasteiger partial charge in [-0.05, 0) is 29.5 Å². The van der Waals surface area contributed by atoms with Gasteiger partial charge < -0.3 is 20.7 Å². The van der Waals surface area contributed by atoms with Gasteiger partial charge >= 0.3 is 6.09 Å². The zero-order chi connectivity index (χ0) is 18.7. The summed E-state index contributed by atoms with van der Waals surface area (Å²) < 4.78 is 4.74. The van der Waals surface area contributed by atoms with Gasteiger partial charge in [-0.25, -0.2) is 4.79 Å². The molecular formula is C17H17N3O4S2. The Balaban J connectivity index is 1.81. The van der Waals surface area contributed by atoms with Crippen LogP contribution in [0, 0.1) is 0 Å². The van der Waals surface area contributed by atoms with Gasteiger partial charge in [-0.1, -0.05) is 6.07 Å². The van der Waals surface area contributed by atoms with E-state index in [9.17, 15) is 14.4 Å². The van der Waals surface area contributed by atoms with Crippen molar-refractivity contribution in [2.24, 2.45) is 5.73 Å². The molecule has 0 unspecified atom stereocenters. The molecule has 1 aliphatic heterocycles. The van der Waals surface area contributed by atoms with E-state index in [4.69, 9.17) is 10.5 Å². The summed E-state index contributed by atoms with van der Waals surface area (Å²) in [6, 6.07) is 3.79. The maximum absolute atomic E-state index is 12.2. The number of nitrogens with one attached hydrogen (secondary N) is 1. The Hall–Kier alpha value is -2.65. The third kappa shape index (κ3) is 3.78. The van der Waals surface area contributed by atoms with Crippen molar-refractivity contribution in [2.75, 3.05) is 19.0 Å². The number of carbonyl (C=O) groups excluding carboxylic acids is 3. The van der Waals surface area contributed by atoms with Gasteiger partial charge in [0.2, 0.25) is 5.91 Å². The van der Waals surface area contributed by atoms with E-state index in [0.29, 0.717) is 30.1 Å². The number of nitrogens with zero attached hydrogens (tertiary/aromatic N) is 1. The van der Waals surface area contributed by atoms with Crippen molar-refractivity contribution in [3.8, 4) is 0 Å². The number of thiophene rings is 2. The minimum Gasteiger partial charge on any atom is -0.453 e. The minimum atomic E-state index is -0.591. The first-order valence-electron chi connectivity index (χ1n) is 7.79. The molecule has 26 heavy (non-hydrogen) atoms. The number of amides is 3. The number of fused-ring (bicyclic) bond motifs is 1. The van der Waals surface area contributed by atoms with Crippen LogP contribution < -0.4 is 11.1 Å². The highest BCUT2D eigenvalue weighted by Gasteiger charge is 2.29. The van der Waals surface area contributed by atoms with Crippen molar-refractivity contribution in [1.82, 2.24) is 4.90 Å². The van der Waals surface area contributed by atoms with Gasteiger partial charge in [-0.15, -0.1) is 22.7 Å². The molecule has 0 saturated heterocycles. The first-order chi connectivity index (χ1) is 12.5. The average Bonchev–Trinajstić information content (AvgIpc) is 3.25. The summed E-state index contributed by atoms with van der Waals surface area (Å²) >= 11 is 2.78. The monoisotopic (exact) mass is 391 g/mol. The van der Waals surface area contributed by atoms with Crippen LogP contribution in [0.2, 0.25) is 0 Å². The van der Waals surface area contributed by atoms with Crippen LogP contribution in [0.25, 0.3) is 6.08 Å². The summed E-state index contributed by atoms with van der Waals surface area (Å²) in [5.41, 5.74) is 6.64. The van der Waals surface area contributed by atoms with Crippen molar-refractivity contribution in [1.29, 1.82) is 0 Å². The Morgan fingerprint density at radius 3 is 2.85 bits per heavy atom. The van der Waals surface area contributed by atoms with Crippen LogP contribution in [-0.2, 0) is 22.5 Å². The van der Waals surface area contributed by atoms with Gasteiger partial charge in [0.15, 0.2) is 0 Å². The van der Waals surface area contributed by atoms with E-state index in [1.54, 1.807) is 11.0 Å². The minimum absolute atomic E-state index is 0.326. The second-order valence-corrected chi connectivity index (χ2v) is 7.64. The van der Waals surface area contributed by atoms with E-state index in [1.165, 1.54) is 35.9 Å². The fourth-order valence-corrected chi connectivity index (χ4v) is 4.62. The first-order valence-corrected chi connectivity index (χ1v) is 9.49. The highest BCUT2D eigenvalue weighted by molar-refractivity contribution is 7.17. The number of primary amides is 1. The molecule has 136 valence electrons. The van der Waals surface area contributed by atoms with Crippen LogP contribution in [0.4, 0.5) is 9.80 Å². The molecule has 3 heterocycles. The van der Waals surface area contributed by atoms with Gasteiger partial charge in [0, 0.05) is 22.4 Å². The summed E-state index contributed by atoms with van der Waals surface area (Å²) in [7, 11) is 1.33. The second kappa shape index (κ2) is 7.71. The Bertz CT molecular complexity index is 871. The molecule has 3 rings (SSSR count). The van der Waals surface area contributed by atoms with E-state index >= 15 is 0 Å². The van der Waals surface area contributed by atoms with Crippen LogP contribution >= 0.6 is 22.7 Å². The lowest BCUT2D eigenvalue weighted by molar-refractivity contribution is -0.111. The third-order valence-electron chi connectivity index (χ3n) is 3.91. The summed E-state index contributed by atoms with van der Waals surface area (Å²) in [6.07, 6.45) is 3.18. The number of ether oxygens (including phenoxy) is 1. The van der Waals surface area contributed by atoms with Gasteiger partial charge in [0.1, 0.15) is 5.00 Å².